The summed E-state index contributed by atoms with van der Waals surface area (Å²) >= 11 is 0. The van der Waals surface area contributed by atoms with Crippen LogP contribution >= 0.6 is 0 Å². The predicted octanol–water partition coefficient (Wildman–Crippen LogP) is 3.44. The lowest BCUT2D eigenvalue weighted by Crippen LogP contribution is -2.37. The molecule has 1 aromatic carbocycles. The minimum atomic E-state index is -3.41. The Bertz CT molecular complexity index is 740. The van der Waals surface area contributed by atoms with Crippen LogP contribution in [0.4, 0.5) is 0 Å². The molecular formula is C20H29NO4S. The van der Waals surface area contributed by atoms with Crippen molar-refractivity contribution in [2.75, 3.05) is 6.54 Å². The van der Waals surface area contributed by atoms with Crippen molar-refractivity contribution in [2.24, 2.45) is 23.7 Å². The van der Waals surface area contributed by atoms with Crippen LogP contribution < -0.4 is 4.72 Å². The molecule has 1 aromatic rings. The molecule has 1 aliphatic rings. The first-order chi connectivity index (χ1) is 12.2. The van der Waals surface area contributed by atoms with Crippen LogP contribution in [-0.4, -0.2) is 26.0 Å². The van der Waals surface area contributed by atoms with E-state index in [9.17, 15) is 13.2 Å². The van der Waals surface area contributed by atoms with E-state index in [-0.39, 0.29) is 29.9 Å². The van der Waals surface area contributed by atoms with Crippen molar-refractivity contribution in [1.29, 1.82) is 0 Å². The molecule has 3 unspecified atom stereocenters. The highest BCUT2D eigenvalue weighted by Crippen LogP contribution is 2.38. The number of allylic oxidation sites excluding steroid dienone is 1. The molecule has 0 aliphatic heterocycles. The number of benzene rings is 1. The lowest BCUT2D eigenvalue weighted by molar-refractivity contribution is -0.138. The summed E-state index contributed by atoms with van der Waals surface area (Å²) in [4.78, 5) is 11.1. The van der Waals surface area contributed by atoms with Crippen molar-refractivity contribution in [3.8, 4) is 0 Å². The summed E-state index contributed by atoms with van der Waals surface area (Å²) in [5, 5.41) is 9.11. The number of rotatable bonds is 8. The Balaban J connectivity index is 2.06. The maximum absolute atomic E-state index is 12.4. The number of hydrogen-bond acceptors (Lipinski definition) is 3. The minimum absolute atomic E-state index is 0.0305. The zero-order chi connectivity index (χ0) is 19.3. The second-order valence-electron chi connectivity index (χ2n) is 7.61. The van der Waals surface area contributed by atoms with Crippen LogP contribution in [0.25, 0.3) is 0 Å². The first-order valence-corrected chi connectivity index (χ1v) is 10.7. The largest absolute Gasteiger partial charge is 0.481 e. The van der Waals surface area contributed by atoms with E-state index in [1.165, 1.54) is 0 Å². The van der Waals surface area contributed by atoms with Crippen LogP contribution in [0.2, 0.25) is 0 Å². The van der Waals surface area contributed by atoms with E-state index >= 15 is 0 Å². The van der Waals surface area contributed by atoms with E-state index in [0.29, 0.717) is 12.5 Å². The Labute approximate surface area is 156 Å². The molecule has 5 nitrogen and oxygen atoms in total. The lowest BCUT2D eigenvalue weighted by Gasteiger charge is -2.36. The highest BCUT2D eigenvalue weighted by Gasteiger charge is 2.33. The van der Waals surface area contributed by atoms with E-state index in [0.717, 1.165) is 17.6 Å². The number of hydrogen-bond donors (Lipinski definition) is 2. The molecule has 0 bridgehead atoms. The normalized spacial score (nSPS) is 23.7. The molecule has 0 saturated carbocycles. The molecular weight excluding hydrogens is 350 g/mol. The van der Waals surface area contributed by atoms with E-state index in [2.05, 4.69) is 24.6 Å². The average molecular weight is 380 g/mol. The highest BCUT2D eigenvalue weighted by molar-refractivity contribution is 7.88. The van der Waals surface area contributed by atoms with Gasteiger partial charge in [0, 0.05) is 6.54 Å². The van der Waals surface area contributed by atoms with E-state index < -0.39 is 16.0 Å². The number of carboxylic acid groups (broad SMARTS) is 1. The van der Waals surface area contributed by atoms with Gasteiger partial charge in [0.1, 0.15) is 0 Å². The van der Waals surface area contributed by atoms with Gasteiger partial charge in [-0.15, -0.1) is 0 Å². The Morgan fingerprint density at radius 1 is 1.27 bits per heavy atom. The second-order valence-corrected chi connectivity index (χ2v) is 9.41. The summed E-state index contributed by atoms with van der Waals surface area (Å²) in [5.41, 5.74) is 1.81. The van der Waals surface area contributed by atoms with Gasteiger partial charge in [0.15, 0.2) is 0 Å². The van der Waals surface area contributed by atoms with Gasteiger partial charge in [-0.2, -0.15) is 0 Å². The predicted molar refractivity (Wildman–Crippen MR) is 103 cm³/mol. The van der Waals surface area contributed by atoms with Gasteiger partial charge >= 0.3 is 5.97 Å². The number of carboxylic acids is 1. The Hall–Kier alpha value is -1.66. The molecule has 26 heavy (non-hydrogen) atoms. The van der Waals surface area contributed by atoms with Gasteiger partial charge in [0.05, 0.1) is 12.2 Å². The number of sulfonamides is 1. The Morgan fingerprint density at radius 2 is 1.92 bits per heavy atom. The highest BCUT2D eigenvalue weighted by atomic mass is 32.2. The summed E-state index contributed by atoms with van der Waals surface area (Å²) in [6, 6.07) is 9.12. The maximum Gasteiger partial charge on any atom is 0.303 e. The third-order valence-corrected chi connectivity index (χ3v) is 6.56. The summed E-state index contributed by atoms with van der Waals surface area (Å²) in [5.74, 6) is -0.0614. The standard InChI is InChI=1S/C20H29NO4S/c1-14(2)19-10-17(11-20(22)23)15(3)9-18(19)12-21-26(24,25)13-16-7-5-4-6-8-16/h4-9,14,17-19,21H,10-13H2,1-3H3,(H,22,23). The van der Waals surface area contributed by atoms with Gasteiger partial charge in [-0.3, -0.25) is 4.79 Å². The fourth-order valence-electron chi connectivity index (χ4n) is 3.79. The maximum atomic E-state index is 12.4. The fourth-order valence-corrected chi connectivity index (χ4v) is 4.97. The SMILES string of the molecule is CC1=CC(CNS(=O)(=O)Cc2ccccc2)C(C(C)C)CC1CC(=O)O. The number of aliphatic carboxylic acids is 1. The first kappa shape index (κ1) is 20.6. The third-order valence-electron chi connectivity index (χ3n) is 5.24. The van der Waals surface area contributed by atoms with Gasteiger partial charge in [-0.1, -0.05) is 55.8 Å². The molecule has 3 atom stereocenters. The summed E-state index contributed by atoms with van der Waals surface area (Å²) in [7, 11) is -3.41. The van der Waals surface area contributed by atoms with Crippen molar-refractivity contribution in [3.63, 3.8) is 0 Å². The molecule has 0 spiro atoms. The van der Waals surface area contributed by atoms with Gasteiger partial charge in [-0.05, 0) is 42.6 Å². The molecule has 2 N–H and O–H groups in total. The van der Waals surface area contributed by atoms with E-state index in [4.69, 9.17) is 5.11 Å². The van der Waals surface area contributed by atoms with E-state index in [1.54, 1.807) is 12.1 Å². The van der Waals surface area contributed by atoms with Crippen molar-refractivity contribution in [2.45, 2.75) is 39.4 Å². The second kappa shape index (κ2) is 8.82. The minimum Gasteiger partial charge on any atom is -0.481 e. The topological polar surface area (TPSA) is 83.5 Å². The molecule has 0 fully saturated rings. The number of carbonyl (C=O) groups is 1. The molecule has 0 aromatic heterocycles. The molecule has 0 saturated heterocycles. The van der Waals surface area contributed by atoms with Crippen molar-refractivity contribution >= 4 is 16.0 Å². The van der Waals surface area contributed by atoms with E-state index in [1.807, 2.05) is 25.1 Å². The lowest BCUT2D eigenvalue weighted by atomic mass is 9.70. The van der Waals surface area contributed by atoms with Gasteiger partial charge < -0.3 is 5.11 Å². The van der Waals surface area contributed by atoms with Crippen molar-refractivity contribution < 1.29 is 18.3 Å². The monoisotopic (exact) mass is 379 g/mol. The quantitative estimate of drug-likeness (QED) is 0.678. The van der Waals surface area contributed by atoms with Crippen LogP contribution in [0.5, 0.6) is 0 Å². The molecule has 144 valence electrons. The Morgan fingerprint density at radius 3 is 2.50 bits per heavy atom. The molecule has 0 amide bonds. The van der Waals surface area contributed by atoms with Gasteiger partial charge in [-0.25, -0.2) is 13.1 Å². The summed E-state index contributed by atoms with van der Waals surface area (Å²) in [6.07, 6.45) is 3.00. The molecule has 0 heterocycles. The van der Waals surface area contributed by atoms with Gasteiger partial charge in [0.25, 0.3) is 0 Å². The van der Waals surface area contributed by atoms with Crippen molar-refractivity contribution in [3.05, 3.63) is 47.5 Å². The molecule has 0 radical (unpaired) electrons. The molecule has 2 rings (SSSR count). The zero-order valence-electron chi connectivity index (χ0n) is 15.7. The fraction of sp³-hybridized carbons (Fsp3) is 0.550. The van der Waals surface area contributed by atoms with Crippen LogP contribution in [-0.2, 0) is 20.6 Å². The van der Waals surface area contributed by atoms with Crippen LogP contribution in [0.3, 0.4) is 0 Å². The smallest absolute Gasteiger partial charge is 0.303 e. The summed E-state index contributed by atoms with van der Waals surface area (Å²) < 4.78 is 27.6. The van der Waals surface area contributed by atoms with Crippen LogP contribution in [0.1, 0.15) is 39.2 Å². The average Bonchev–Trinajstić information content (AvgIpc) is 2.55. The number of nitrogens with one attached hydrogen (secondary N) is 1. The Kier molecular flexibility index (Phi) is 7.01. The van der Waals surface area contributed by atoms with Gasteiger partial charge in [0.2, 0.25) is 10.0 Å². The zero-order valence-corrected chi connectivity index (χ0v) is 16.5. The van der Waals surface area contributed by atoms with Crippen molar-refractivity contribution in [1.82, 2.24) is 4.72 Å². The molecule has 6 heteroatoms. The van der Waals surface area contributed by atoms with Crippen LogP contribution in [0, 0.1) is 23.7 Å². The molecule has 1 aliphatic carbocycles. The van der Waals surface area contributed by atoms with Crippen LogP contribution in [0.15, 0.2) is 42.0 Å². The third kappa shape index (κ3) is 5.95. The summed E-state index contributed by atoms with van der Waals surface area (Å²) in [6.45, 7) is 6.54. The first-order valence-electron chi connectivity index (χ1n) is 9.09.